The number of ether oxygens (including phenoxy) is 1. The molecular formula is C16H27N3O3. The molecule has 0 aliphatic carbocycles. The Morgan fingerprint density at radius 1 is 0.864 bits per heavy atom. The predicted octanol–water partition coefficient (Wildman–Crippen LogP) is 0.321. The van der Waals surface area contributed by atoms with Gasteiger partial charge in [0.1, 0.15) is 6.04 Å². The van der Waals surface area contributed by atoms with Gasteiger partial charge in [-0.1, -0.05) is 0 Å². The summed E-state index contributed by atoms with van der Waals surface area (Å²) in [4.78, 5) is 31.6. The summed E-state index contributed by atoms with van der Waals surface area (Å²) in [5, 5.41) is 0. The summed E-state index contributed by atoms with van der Waals surface area (Å²) in [7, 11) is 2.01. The normalized spacial score (nSPS) is 30.6. The Hall–Kier alpha value is -1.14. The van der Waals surface area contributed by atoms with E-state index in [1.165, 1.54) is 0 Å². The summed E-state index contributed by atoms with van der Waals surface area (Å²) in [5.41, 5.74) is 0. The lowest BCUT2D eigenvalue weighted by Gasteiger charge is -2.40. The number of amides is 2. The van der Waals surface area contributed by atoms with Crippen molar-refractivity contribution in [2.45, 2.75) is 44.2 Å². The van der Waals surface area contributed by atoms with Crippen LogP contribution in [-0.4, -0.2) is 85.0 Å². The molecule has 3 aliphatic rings. The molecule has 0 aromatic carbocycles. The second-order valence-corrected chi connectivity index (χ2v) is 6.62. The molecule has 3 saturated heterocycles. The monoisotopic (exact) mass is 309 g/mol. The molecule has 0 aromatic rings. The Labute approximate surface area is 132 Å². The first-order chi connectivity index (χ1) is 10.7. The highest BCUT2D eigenvalue weighted by Gasteiger charge is 2.39. The van der Waals surface area contributed by atoms with Crippen LogP contribution in [-0.2, 0) is 14.3 Å². The zero-order valence-electron chi connectivity index (χ0n) is 13.5. The summed E-state index contributed by atoms with van der Waals surface area (Å²) in [5.74, 6) is 0.281. The maximum atomic E-state index is 12.9. The maximum Gasteiger partial charge on any atom is 0.245 e. The highest BCUT2D eigenvalue weighted by atomic mass is 16.5. The highest BCUT2D eigenvalue weighted by Crippen LogP contribution is 2.24. The van der Waals surface area contributed by atoms with E-state index in [9.17, 15) is 9.59 Å². The van der Waals surface area contributed by atoms with Crippen LogP contribution in [0.1, 0.15) is 32.1 Å². The van der Waals surface area contributed by atoms with E-state index in [4.69, 9.17) is 4.74 Å². The van der Waals surface area contributed by atoms with E-state index in [1.54, 1.807) is 0 Å². The quantitative estimate of drug-likeness (QED) is 0.737. The molecular weight excluding hydrogens is 282 g/mol. The largest absolute Gasteiger partial charge is 0.378 e. The average molecular weight is 309 g/mol. The zero-order chi connectivity index (χ0) is 15.5. The zero-order valence-corrected chi connectivity index (χ0v) is 13.5. The number of rotatable bonds is 2. The van der Waals surface area contributed by atoms with Gasteiger partial charge in [0.15, 0.2) is 0 Å². The molecule has 2 atom stereocenters. The Balaban J connectivity index is 1.70. The Kier molecular flexibility index (Phi) is 4.98. The van der Waals surface area contributed by atoms with E-state index in [1.807, 2.05) is 16.8 Å². The van der Waals surface area contributed by atoms with Gasteiger partial charge in [-0.05, 0) is 45.7 Å². The fourth-order valence-corrected chi connectivity index (χ4v) is 3.86. The van der Waals surface area contributed by atoms with Crippen LogP contribution >= 0.6 is 0 Å². The van der Waals surface area contributed by atoms with Gasteiger partial charge >= 0.3 is 0 Å². The van der Waals surface area contributed by atoms with E-state index < -0.39 is 0 Å². The maximum absolute atomic E-state index is 12.9. The number of nitrogens with zero attached hydrogens (tertiary/aromatic N) is 3. The van der Waals surface area contributed by atoms with Crippen molar-refractivity contribution in [2.24, 2.45) is 0 Å². The third-order valence-electron chi connectivity index (χ3n) is 5.20. The molecule has 22 heavy (non-hydrogen) atoms. The fraction of sp³-hybridized carbons (Fsp3) is 0.875. The molecule has 0 saturated carbocycles. The van der Waals surface area contributed by atoms with Crippen LogP contribution in [0.15, 0.2) is 0 Å². The average Bonchev–Trinajstić information content (AvgIpc) is 3.00. The Morgan fingerprint density at radius 3 is 2.27 bits per heavy atom. The van der Waals surface area contributed by atoms with E-state index >= 15 is 0 Å². The predicted molar refractivity (Wildman–Crippen MR) is 82.4 cm³/mol. The highest BCUT2D eigenvalue weighted by molar-refractivity contribution is 5.90. The number of likely N-dealkylation sites (tertiary alicyclic amines) is 2. The smallest absolute Gasteiger partial charge is 0.245 e. The van der Waals surface area contributed by atoms with Crippen molar-refractivity contribution in [1.82, 2.24) is 14.7 Å². The molecule has 3 rings (SSSR count). The van der Waals surface area contributed by atoms with Gasteiger partial charge in [-0.2, -0.15) is 0 Å². The van der Waals surface area contributed by atoms with Crippen molar-refractivity contribution in [1.29, 1.82) is 0 Å². The summed E-state index contributed by atoms with van der Waals surface area (Å²) in [6.07, 6.45) is 4.84. The van der Waals surface area contributed by atoms with Crippen molar-refractivity contribution in [3.63, 3.8) is 0 Å². The first kappa shape index (κ1) is 15.7. The number of carbonyl (C=O) groups excluding carboxylic acids is 2. The molecule has 3 fully saturated rings. The van der Waals surface area contributed by atoms with Crippen LogP contribution in [0, 0.1) is 0 Å². The van der Waals surface area contributed by atoms with Gasteiger partial charge in [0, 0.05) is 19.6 Å². The van der Waals surface area contributed by atoms with E-state index in [0.717, 1.165) is 45.2 Å². The molecule has 2 amide bonds. The molecule has 0 N–H and O–H groups in total. The molecule has 0 radical (unpaired) electrons. The molecule has 3 heterocycles. The Bertz CT molecular complexity index is 423. The van der Waals surface area contributed by atoms with Gasteiger partial charge in [0.2, 0.25) is 11.8 Å². The van der Waals surface area contributed by atoms with E-state index in [2.05, 4.69) is 4.90 Å². The van der Waals surface area contributed by atoms with Gasteiger partial charge in [-0.3, -0.25) is 14.5 Å². The minimum absolute atomic E-state index is 0.0295. The van der Waals surface area contributed by atoms with Crippen molar-refractivity contribution < 1.29 is 14.3 Å². The summed E-state index contributed by atoms with van der Waals surface area (Å²) in [6, 6.07) is -0.286. The number of likely N-dealkylation sites (N-methyl/N-ethyl adjacent to an activating group) is 1. The summed E-state index contributed by atoms with van der Waals surface area (Å²) >= 11 is 0. The standard InChI is InChI=1S/C16H27N3O3/c1-17-7-4-6-13(17)16(21)19-8-3-2-5-14(19)15(20)18-9-11-22-12-10-18/h13-14H,2-12H2,1H3. The minimum atomic E-state index is -0.256. The van der Waals surface area contributed by atoms with Gasteiger partial charge in [-0.25, -0.2) is 0 Å². The molecule has 6 nitrogen and oxygen atoms in total. The summed E-state index contributed by atoms with van der Waals surface area (Å²) in [6.45, 7) is 4.23. The second kappa shape index (κ2) is 6.96. The third-order valence-corrected chi connectivity index (χ3v) is 5.20. The first-order valence-corrected chi connectivity index (χ1v) is 8.56. The number of hydrogen-bond donors (Lipinski definition) is 0. The third kappa shape index (κ3) is 3.13. The molecule has 3 aliphatic heterocycles. The van der Waals surface area contributed by atoms with Crippen LogP contribution in [0.5, 0.6) is 0 Å². The van der Waals surface area contributed by atoms with Crippen LogP contribution in [0.4, 0.5) is 0 Å². The van der Waals surface area contributed by atoms with Gasteiger partial charge in [0.25, 0.3) is 0 Å². The molecule has 0 aromatic heterocycles. The van der Waals surface area contributed by atoms with Crippen molar-refractivity contribution in [2.75, 3.05) is 46.4 Å². The lowest BCUT2D eigenvalue weighted by molar-refractivity contribution is -0.152. The number of piperidine rings is 1. The van der Waals surface area contributed by atoms with Crippen molar-refractivity contribution in [3.8, 4) is 0 Å². The number of carbonyl (C=O) groups is 2. The lowest BCUT2D eigenvalue weighted by atomic mass is 9.99. The molecule has 0 spiro atoms. The first-order valence-electron chi connectivity index (χ1n) is 8.56. The van der Waals surface area contributed by atoms with Gasteiger partial charge < -0.3 is 14.5 Å². The van der Waals surface area contributed by atoms with Crippen LogP contribution in [0.25, 0.3) is 0 Å². The van der Waals surface area contributed by atoms with E-state index in [-0.39, 0.29) is 23.9 Å². The SMILES string of the molecule is CN1CCCC1C(=O)N1CCCCC1C(=O)N1CCOCC1. The molecule has 2 unspecified atom stereocenters. The topological polar surface area (TPSA) is 53.1 Å². The second-order valence-electron chi connectivity index (χ2n) is 6.62. The van der Waals surface area contributed by atoms with Crippen LogP contribution in [0.3, 0.4) is 0 Å². The number of morpholine rings is 1. The number of hydrogen-bond acceptors (Lipinski definition) is 4. The van der Waals surface area contributed by atoms with Crippen molar-refractivity contribution >= 4 is 11.8 Å². The van der Waals surface area contributed by atoms with Gasteiger partial charge in [-0.15, -0.1) is 0 Å². The minimum Gasteiger partial charge on any atom is -0.378 e. The summed E-state index contributed by atoms with van der Waals surface area (Å²) < 4.78 is 5.33. The fourth-order valence-electron chi connectivity index (χ4n) is 3.86. The molecule has 6 heteroatoms. The van der Waals surface area contributed by atoms with Crippen LogP contribution < -0.4 is 0 Å². The van der Waals surface area contributed by atoms with Gasteiger partial charge in [0.05, 0.1) is 19.3 Å². The van der Waals surface area contributed by atoms with Crippen LogP contribution in [0.2, 0.25) is 0 Å². The molecule has 0 bridgehead atoms. The van der Waals surface area contributed by atoms with E-state index in [0.29, 0.717) is 26.3 Å². The molecule has 124 valence electrons. The lowest BCUT2D eigenvalue weighted by Crippen LogP contribution is -2.57. The van der Waals surface area contributed by atoms with Crippen molar-refractivity contribution in [3.05, 3.63) is 0 Å². The Morgan fingerprint density at radius 2 is 1.59 bits per heavy atom.